The Bertz CT molecular complexity index is 1050. The highest BCUT2D eigenvalue weighted by molar-refractivity contribution is 8.13. The number of nitrogens with zero attached hydrogens (tertiary/aromatic N) is 3. The highest BCUT2D eigenvalue weighted by Gasteiger charge is 2.44. The van der Waals surface area contributed by atoms with E-state index in [0.717, 1.165) is 42.3 Å². The number of hydrogen-bond donors (Lipinski definition) is 2. The molecule has 9 heteroatoms. The lowest BCUT2D eigenvalue weighted by Gasteiger charge is -2.36. The maximum absolute atomic E-state index is 13.3. The molecule has 1 saturated heterocycles. The normalized spacial score (nSPS) is 23.2. The van der Waals surface area contributed by atoms with Crippen molar-refractivity contribution in [2.75, 3.05) is 6.61 Å². The molecule has 0 aliphatic carbocycles. The smallest absolute Gasteiger partial charge is 0.189 e. The maximum atomic E-state index is 13.3. The molecule has 0 saturated carbocycles. The fraction of sp³-hybridized carbons (Fsp3) is 0.375. The predicted octanol–water partition coefficient (Wildman–Crippen LogP) is 5.20. The van der Waals surface area contributed by atoms with Crippen LogP contribution in [0.25, 0.3) is 0 Å². The lowest BCUT2D eigenvalue weighted by atomic mass is 10.00. The molecule has 3 unspecified atom stereocenters. The molecule has 5 rings (SSSR count). The number of fused-ring (bicyclic) bond motifs is 3. The van der Waals surface area contributed by atoms with Gasteiger partial charge in [-0.05, 0) is 48.2 Å². The fourth-order valence-corrected chi connectivity index (χ4v) is 5.57. The van der Waals surface area contributed by atoms with Gasteiger partial charge in [-0.2, -0.15) is 5.10 Å². The summed E-state index contributed by atoms with van der Waals surface area (Å²) in [4.78, 5) is 2.16. The number of benzene rings is 2. The molecule has 0 amide bonds. The Morgan fingerprint density at radius 3 is 2.85 bits per heavy atom. The van der Waals surface area contributed by atoms with Gasteiger partial charge in [-0.1, -0.05) is 54.9 Å². The van der Waals surface area contributed by atoms with Crippen LogP contribution in [0.5, 0.6) is 5.75 Å². The second kappa shape index (κ2) is 9.83. The van der Waals surface area contributed by atoms with E-state index < -0.39 is 0 Å². The molecule has 6 nitrogen and oxygen atoms in total. The predicted molar refractivity (Wildman–Crippen MR) is 131 cm³/mol. The largest absolute Gasteiger partial charge is 0.494 e. The summed E-state index contributed by atoms with van der Waals surface area (Å²) in [7, 11) is 0. The third-order valence-electron chi connectivity index (χ3n) is 6.13. The number of hydrogen-bond acceptors (Lipinski definition) is 7. The summed E-state index contributed by atoms with van der Waals surface area (Å²) in [5.74, 6) is 1.22. The van der Waals surface area contributed by atoms with Crippen LogP contribution >= 0.6 is 23.4 Å². The summed E-state index contributed by atoms with van der Waals surface area (Å²) < 4.78 is 19.1. The molecule has 0 spiro atoms. The van der Waals surface area contributed by atoms with E-state index in [0.29, 0.717) is 10.8 Å². The van der Waals surface area contributed by atoms with Crippen molar-refractivity contribution in [1.29, 1.82) is 0 Å². The van der Waals surface area contributed by atoms with Crippen molar-refractivity contribution in [3.63, 3.8) is 0 Å². The number of ether oxygens (including phenoxy) is 1. The second-order valence-electron chi connectivity index (χ2n) is 8.36. The SMILES string of the molecule is CCCCOc1ccc(C2CC3C4NN=C(SCc5ccc(F)cc5Cl)N4C=CN3N2)cc1. The van der Waals surface area contributed by atoms with Gasteiger partial charge in [-0.15, -0.1) is 0 Å². The van der Waals surface area contributed by atoms with Gasteiger partial charge in [0.1, 0.15) is 17.7 Å². The van der Waals surface area contributed by atoms with Crippen molar-refractivity contribution in [3.8, 4) is 5.75 Å². The first-order valence-electron chi connectivity index (χ1n) is 11.3. The zero-order valence-corrected chi connectivity index (χ0v) is 20.0. The molecule has 33 heavy (non-hydrogen) atoms. The van der Waals surface area contributed by atoms with E-state index in [1.165, 1.54) is 17.7 Å². The molecule has 1 fully saturated rings. The first-order chi connectivity index (χ1) is 16.1. The van der Waals surface area contributed by atoms with E-state index in [1.807, 2.05) is 6.20 Å². The summed E-state index contributed by atoms with van der Waals surface area (Å²) >= 11 is 7.77. The molecule has 0 aromatic heterocycles. The van der Waals surface area contributed by atoms with E-state index in [1.54, 1.807) is 17.8 Å². The lowest BCUT2D eigenvalue weighted by molar-refractivity contribution is 0.152. The van der Waals surface area contributed by atoms with Crippen LogP contribution in [-0.2, 0) is 5.75 Å². The first-order valence-corrected chi connectivity index (χ1v) is 12.6. The van der Waals surface area contributed by atoms with E-state index in [-0.39, 0.29) is 24.1 Å². The van der Waals surface area contributed by atoms with Crippen LogP contribution in [-0.4, -0.2) is 33.9 Å². The molecular weight excluding hydrogens is 461 g/mol. The highest BCUT2D eigenvalue weighted by atomic mass is 35.5. The Labute approximate surface area is 202 Å². The van der Waals surface area contributed by atoms with E-state index >= 15 is 0 Å². The van der Waals surface area contributed by atoms with Crippen molar-refractivity contribution >= 4 is 28.5 Å². The molecule has 0 bridgehead atoms. The summed E-state index contributed by atoms with van der Waals surface area (Å²) in [5, 5.41) is 8.06. The van der Waals surface area contributed by atoms with Gasteiger partial charge >= 0.3 is 0 Å². The van der Waals surface area contributed by atoms with Crippen molar-refractivity contribution in [1.82, 2.24) is 20.8 Å². The van der Waals surface area contributed by atoms with Gasteiger partial charge in [0.15, 0.2) is 5.17 Å². The number of unbranched alkanes of at least 4 members (excludes halogenated alkanes) is 1. The Morgan fingerprint density at radius 2 is 2.06 bits per heavy atom. The molecule has 3 heterocycles. The maximum Gasteiger partial charge on any atom is 0.189 e. The topological polar surface area (TPSA) is 52.1 Å². The van der Waals surface area contributed by atoms with Crippen LogP contribution in [0.1, 0.15) is 43.4 Å². The summed E-state index contributed by atoms with van der Waals surface area (Å²) in [5.41, 5.74) is 9.04. The van der Waals surface area contributed by atoms with Crippen molar-refractivity contribution in [2.45, 2.75) is 50.2 Å². The monoisotopic (exact) mass is 487 g/mol. The number of thioether (sulfide) groups is 1. The van der Waals surface area contributed by atoms with Crippen molar-refractivity contribution in [3.05, 3.63) is 76.8 Å². The quantitative estimate of drug-likeness (QED) is 0.524. The first kappa shape index (κ1) is 22.4. The van der Waals surface area contributed by atoms with Crippen molar-refractivity contribution < 1.29 is 9.13 Å². The van der Waals surface area contributed by atoms with E-state index in [4.69, 9.17) is 16.3 Å². The number of hydrazine groups is 1. The number of halogens is 2. The molecule has 3 aliphatic heterocycles. The molecule has 0 radical (unpaired) electrons. The summed E-state index contributed by atoms with van der Waals surface area (Å²) in [6, 6.07) is 13.4. The average molecular weight is 488 g/mol. The zero-order chi connectivity index (χ0) is 22.8. The summed E-state index contributed by atoms with van der Waals surface area (Å²) in [6.45, 7) is 2.92. The minimum absolute atomic E-state index is 0.0512. The highest BCUT2D eigenvalue weighted by Crippen LogP contribution is 2.36. The molecule has 2 aromatic carbocycles. The van der Waals surface area contributed by atoms with Crippen LogP contribution in [0.2, 0.25) is 5.02 Å². The molecule has 174 valence electrons. The Kier molecular flexibility index (Phi) is 6.66. The van der Waals surface area contributed by atoms with Gasteiger partial charge in [0.05, 0.1) is 18.7 Å². The van der Waals surface area contributed by atoms with Gasteiger partial charge < -0.3 is 14.6 Å². The van der Waals surface area contributed by atoms with Gasteiger partial charge in [0.25, 0.3) is 0 Å². The standard InChI is InChI=1S/C24H27ClFN5OS/c1-2-3-12-32-19-8-5-16(6-9-19)21-14-22-23-27-28-24(30(23)10-11-31(22)29-21)33-15-17-4-7-18(26)13-20(17)25/h4-11,13,21-23,27,29H,2-3,12,14-15H2,1H3. The summed E-state index contributed by atoms with van der Waals surface area (Å²) in [6.07, 6.45) is 7.31. The van der Waals surface area contributed by atoms with E-state index in [2.05, 4.69) is 63.3 Å². The number of amidine groups is 1. The molecule has 2 N–H and O–H groups in total. The minimum atomic E-state index is -0.324. The van der Waals surface area contributed by atoms with Crippen LogP contribution in [0, 0.1) is 5.82 Å². The van der Waals surface area contributed by atoms with Crippen LogP contribution in [0.15, 0.2) is 60.0 Å². The molecular formula is C24H27ClFN5OS. The zero-order valence-electron chi connectivity index (χ0n) is 18.4. The van der Waals surface area contributed by atoms with Crippen LogP contribution in [0.3, 0.4) is 0 Å². The van der Waals surface area contributed by atoms with Crippen LogP contribution in [0.4, 0.5) is 4.39 Å². The van der Waals surface area contributed by atoms with Crippen molar-refractivity contribution in [2.24, 2.45) is 5.10 Å². The Morgan fingerprint density at radius 1 is 1.21 bits per heavy atom. The third-order valence-corrected chi connectivity index (χ3v) is 7.49. The van der Waals surface area contributed by atoms with Gasteiger partial charge in [0.2, 0.25) is 0 Å². The molecule has 2 aromatic rings. The van der Waals surface area contributed by atoms with Gasteiger partial charge in [-0.3, -0.25) is 5.43 Å². The minimum Gasteiger partial charge on any atom is -0.494 e. The van der Waals surface area contributed by atoms with Gasteiger partial charge in [-0.25, -0.2) is 9.82 Å². The number of rotatable bonds is 7. The van der Waals surface area contributed by atoms with Crippen LogP contribution < -0.4 is 15.6 Å². The average Bonchev–Trinajstić information content (AvgIpc) is 3.43. The second-order valence-corrected chi connectivity index (χ2v) is 9.71. The Balaban J connectivity index is 1.19. The molecule has 3 aliphatic rings. The lowest BCUT2D eigenvalue weighted by Crippen LogP contribution is -2.54. The van der Waals surface area contributed by atoms with E-state index in [9.17, 15) is 4.39 Å². The Hall–Kier alpha value is -2.42. The number of nitrogens with one attached hydrogen (secondary N) is 2. The number of hydrazone groups is 1. The molecule has 3 atom stereocenters. The fourth-order valence-electron chi connectivity index (χ4n) is 4.28. The third kappa shape index (κ3) is 4.78. The van der Waals surface area contributed by atoms with Gasteiger partial charge in [0, 0.05) is 23.2 Å².